The summed E-state index contributed by atoms with van der Waals surface area (Å²) in [6, 6.07) is 45.0. The molecule has 0 nitrogen and oxygen atoms in total. The SMILES string of the molecule is F[B-](F)(F)F.[CH3][Ni]1[CH](P(c2ccccc2)c2ccccc2)[CH]1P(c1ccccc1)c1ccccc1. The van der Waals surface area contributed by atoms with Crippen LogP contribution in [0.15, 0.2) is 121 Å². The van der Waals surface area contributed by atoms with E-state index in [1.165, 1.54) is 21.2 Å². The summed E-state index contributed by atoms with van der Waals surface area (Å²) < 4.78 is 40.5. The van der Waals surface area contributed by atoms with Crippen molar-refractivity contribution in [2.75, 3.05) is 0 Å². The van der Waals surface area contributed by atoms with Gasteiger partial charge in [-0.2, -0.15) is 0 Å². The molecule has 2 atom stereocenters. The standard InChI is InChI=1S/C26H22P2.CH3.BF4.Ni/c1-5-13-23(14-6-1)27(24-15-7-2-8-16-24)21-22-28(25-17-9-3-10-18-25)26-19-11-4-12-20-26;;2-1(3,4)5;/h1-22H;1H3;;/q;;-1;. The maximum atomic E-state index is 9.75. The van der Waals surface area contributed by atoms with Crippen LogP contribution in [-0.2, 0) is 13.4 Å². The number of benzene rings is 4. The molecule has 1 fully saturated rings. The van der Waals surface area contributed by atoms with Gasteiger partial charge in [-0.1, -0.05) is 0 Å². The molecule has 1 heterocycles. The fourth-order valence-corrected chi connectivity index (χ4v) is 17.3. The van der Waals surface area contributed by atoms with Gasteiger partial charge in [0, 0.05) is 0 Å². The maximum absolute atomic E-state index is 9.75. The van der Waals surface area contributed by atoms with E-state index in [4.69, 9.17) is 0 Å². The van der Waals surface area contributed by atoms with E-state index in [1.54, 1.807) is 0 Å². The molecule has 0 aromatic heterocycles. The second kappa shape index (κ2) is 11.8. The minimum atomic E-state index is -6.00. The Bertz CT molecular complexity index is 1010. The fraction of sp³-hybridized carbons (Fsp3) is 0.111. The molecule has 1 aliphatic rings. The summed E-state index contributed by atoms with van der Waals surface area (Å²) in [5.74, 6) is 2.53. The van der Waals surface area contributed by atoms with Gasteiger partial charge in [-0.15, -0.1) is 0 Å². The molecule has 0 N–H and O–H groups in total. The van der Waals surface area contributed by atoms with Crippen molar-refractivity contribution in [3.8, 4) is 0 Å². The Morgan fingerprint density at radius 1 is 0.486 bits per heavy atom. The van der Waals surface area contributed by atoms with E-state index in [9.17, 15) is 17.3 Å². The molecule has 0 aliphatic carbocycles. The second-order valence-corrected chi connectivity index (χ2v) is 15.8. The van der Waals surface area contributed by atoms with Crippen LogP contribution in [0.25, 0.3) is 0 Å². The zero-order valence-corrected chi connectivity index (χ0v) is 21.8. The minimum absolute atomic E-state index is 0.251. The van der Waals surface area contributed by atoms with E-state index in [0.717, 1.165) is 9.26 Å². The van der Waals surface area contributed by atoms with Gasteiger partial charge in [0.1, 0.15) is 0 Å². The van der Waals surface area contributed by atoms with Crippen LogP contribution >= 0.6 is 15.8 Å². The monoisotopic (exact) mass is 556 g/mol. The first-order valence-electron chi connectivity index (χ1n) is 10.9. The number of halogens is 4. The van der Waals surface area contributed by atoms with E-state index in [-0.39, 0.29) is 29.3 Å². The van der Waals surface area contributed by atoms with E-state index < -0.39 is 7.25 Å². The van der Waals surface area contributed by atoms with E-state index in [0.29, 0.717) is 0 Å². The van der Waals surface area contributed by atoms with E-state index in [2.05, 4.69) is 127 Å². The average molecular weight is 557 g/mol. The molecule has 0 radical (unpaired) electrons. The molecule has 1 saturated heterocycles. The zero-order valence-electron chi connectivity index (χ0n) is 19.0. The first-order valence-corrected chi connectivity index (χ1v) is 15.9. The fourth-order valence-electron chi connectivity index (χ4n) is 3.87. The molecular weight excluding hydrogens is 532 g/mol. The molecule has 8 heteroatoms. The third kappa shape index (κ3) is 7.04. The molecule has 4 aromatic rings. The summed E-state index contributed by atoms with van der Waals surface area (Å²) in [4.78, 5) is 0. The van der Waals surface area contributed by atoms with Crippen LogP contribution in [-0.4, -0.2) is 16.5 Å². The van der Waals surface area contributed by atoms with E-state index in [1.807, 2.05) is 0 Å². The van der Waals surface area contributed by atoms with Crippen molar-refractivity contribution in [3.05, 3.63) is 121 Å². The Labute approximate surface area is 211 Å². The van der Waals surface area contributed by atoms with Crippen LogP contribution in [0.4, 0.5) is 17.3 Å². The predicted molar refractivity (Wildman–Crippen MR) is 142 cm³/mol. The molecule has 1 aliphatic heterocycles. The molecule has 35 heavy (non-hydrogen) atoms. The first-order chi connectivity index (χ1) is 16.8. The van der Waals surface area contributed by atoms with Crippen molar-refractivity contribution in [2.24, 2.45) is 0 Å². The predicted octanol–water partition coefficient (Wildman–Crippen LogP) is 6.88. The number of hydrogen-bond acceptors (Lipinski definition) is 0. The van der Waals surface area contributed by atoms with Crippen LogP contribution in [0.1, 0.15) is 0 Å². The summed E-state index contributed by atoms with van der Waals surface area (Å²) in [7, 11) is -6.71. The summed E-state index contributed by atoms with van der Waals surface area (Å²) in [6.07, 6.45) is 0. The topological polar surface area (TPSA) is 0 Å². The zero-order chi connectivity index (χ0) is 24.8. The Morgan fingerprint density at radius 2 is 0.686 bits per heavy atom. The van der Waals surface area contributed by atoms with Crippen LogP contribution in [0.5, 0.6) is 0 Å². The van der Waals surface area contributed by atoms with Gasteiger partial charge in [-0.25, -0.2) is 0 Å². The van der Waals surface area contributed by atoms with Gasteiger partial charge < -0.3 is 17.3 Å². The van der Waals surface area contributed by atoms with Crippen LogP contribution < -0.4 is 21.2 Å². The normalized spacial score (nSPS) is 18.2. The van der Waals surface area contributed by atoms with Gasteiger partial charge in [0.05, 0.1) is 0 Å². The molecule has 5 rings (SSSR count). The summed E-state index contributed by atoms with van der Waals surface area (Å²) >= 11 is 0.251. The summed E-state index contributed by atoms with van der Waals surface area (Å²) in [5, 5.41) is 6.08. The molecule has 4 aromatic carbocycles. The molecule has 2 unspecified atom stereocenters. The van der Waals surface area contributed by atoms with Gasteiger partial charge in [-0.3, -0.25) is 0 Å². The van der Waals surface area contributed by atoms with Crippen LogP contribution in [0.3, 0.4) is 0 Å². The molecule has 0 amide bonds. The van der Waals surface area contributed by atoms with Crippen LogP contribution in [0, 0.1) is 0 Å². The summed E-state index contributed by atoms with van der Waals surface area (Å²) in [5.41, 5.74) is 0. The van der Waals surface area contributed by atoms with Crippen molar-refractivity contribution in [3.63, 3.8) is 0 Å². The van der Waals surface area contributed by atoms with Crippen LogP contribution in [0.2, 0.25) is 5.89 Å². The molecule has 185 valence electrons. The first kappa shape index (κ1) is 26.1. The van der Waals surface area contributed by atoms with Crippen molar-refractivity contribution >= 4 is 44.3 Å². The van der Waals surface area contributed by atoms with Crippen molar-refractivity contribution in [1.29, 1.82) is 0 Å². The van der Waals surface area contributed by atoms with Gasteiger partial charge in [0.15, 0.2) is 0 Å². The van der Waals surface area contributed by atoms with Crippen molar-refractivity contribution in [1.82, 2.24) is 0 Å². The van der Waals surface area contributed by atoms with Crippen molar-refractivity contribution < 1.29 is 30.7 Å². The second-order valence-electron chi connectivity index (χ2n) is 7.72. The number of hydrogen-bond donors (Lipinski definition) is 0. The Hall–Kier alpha value is -1.98. The summed E-state index contributed by atoms with van der Waals surface area (Å²) in [6.45, 7) is 0. The van der Waals surface area contributed by atoms with E-state index >= 15 is 0 Å². The van der Waals surface area contributed by atoms with Gasteiger partial charge in [0.2, 0.25) is 0 Å². The average Bonchev–Trinajstić information content (AvgIpc) is 3.50. The Balaban J connectivity index is 0.000000527. The molecule has 0 saturated carbocycles. The van der Waals surface area contributed by atoms with Gasteiger partial charge in [0.25, 0.3) is 0 Å². The third-order valence-corrected chi connectivity index (χ3v) is 16.7. The Morgan fingerprint density at radius 3 is 0.886 bits per heavy atom. The van der Waals surface area contributed by atoms with Crippen molar-refractivity contribution in [2.45, 2.75) is 15.2 Å². The third-order valence-electron chi connectivity index (χ3n) is 5.33. The molecule has 0 bridgehead atoms. The Kier molecular flexibility index (Phi) is 8.82. The number of rotatable bonds is 6. The van der Waals surface area contributed by atoms with Gasteiger partial charge >= 0.3 is 194 Å². The molecule has 0 spiro atoms. The van der Waals surface area contributed by atoms with Gasteiger partial charge in [-0.05, 0) is 0 Å². The quantitative estimate of drug-likeness (QED) is 0.138. The molecular formula is C27H25BF4NiP2-.